The first-order chi connectivity index (χ1) is 26.7. The minimum atomic E-state index is -3.05. The molecule has 1 aliphatic carbocycles. The predicted molar refractivity (Wildman–Crippen MR) is 203 cm³/mol. The first kappa shape index (κ1) is 39.0. The van der Waals surface area contributed by atoms with Gasteiger partial charge in [-0.05, 0) is 90.6 Å². The van der Waals surface area contributed by atoms with Gasteiger partial charge in [0.1, 0.15) is 18.2 Å². The molecular formula is C42H43Cl2F2N3O6. The lowest BCUT2D eigenvalue weighted by Crippen LogP contribution is -2.52. The largest absolute Gasteiger partial charge is 0.489 e. The Labute approximate surface area is 329 Å². The van der Waals surface area contributed by atoms with Crippen LogP contribution in [0.4, 0.5) is 8.78 Å². The van der Waals surface area contributed by atoms with Crippen molar-refractivity contribution in [2.24, 2.45) is 11.8 Å². The number of esters is 2. The van der Waals surface area contributed by atoms with E-state index in [1.165, 1.54) is 18.5 Å². The molecule has 0 spiro atoms. The summed E-state index contributed by atoms with van der Waals surface area (Å²) in [6, 6.07) is 20.8. The van der Waals surface area contributed by atoms with E-state index in [2.05, 4.69) is 15.2 Å². The summed E-state index contributed by atoms with van der Waals surface area (Å²) in [5.41, 5.74) is 3.37. The van der Waals surface area contributed by atoms with Crippen molar-refractivity contribution in [2.75, 3.05) is 26.2 Å². The van der Waals surface area contributed by atoms with Gasteiger partial charge in [0.15, 0.2) is 11.5 Å². The zero-order chi connectivity index (χ0) is 38.3. The number of pyridine rings is 1. The van der Waals surface area contributed by atoms with Gasteiger partial charge in [0.25, 0.3) is 0 Å². The molecule has 1 aromatic heterocycles. The summed E-state index contributed by atoms with van der Waals surface area (Å²) < 4.78 is 49.4. The first-order valence-electron chi connectivity index (χ1n) is 18.7. The van der Waals surface area contributed by atoms with E-state index in [9.17, 15) is 18.4 Å². The summed E-state index contributed by atoms with van der Waals surface area (Å²) >= 11 is 12.9. The van der Waals surface area contributed by atoms with Crippen molar-refractivity contribution in [3.05, 3.63) is 123 Å². The molecule has 0 radical (unpaired) electrons. The highest BCUT2D eigenvalue weighted by Crippen LogP contribution is 2.38. The molecule has 4 fully saturated rings. The number of alkyl halides is 2. The first-order valence-corrected chi connectivity index (χ1v) is 19.4. The molecule has 3 aromatic carbocycles. The van der Waals surface area contributed by atoms with Crippen LogP contribution in [0, 0.1) is 11.8 Å². The number of halogens is 4. The fourth-order valence-electron chi connectivity index (χ4n) is 7.25. The lowest BCUT2D eigenvalue weighted by molar-refractivity contribution is -0.161. The van der Waals surface area contributed by atoms with Gasteiger partial charge in [-0.25, -0.2) is 4.79 Å². The number of carbonyl (C=O) groups excluding carboxylic acids is 2. The van der Waals surface area contributed by atoms with Crippen LogP contribution in [0.2, 0.25) is 10.0 Å². The molecule has 4 aliphatic rings. The predicted octanol–water partition coefficient (Wildman–Crippen LogP) is 8.32. The van der Waals surface area contributed by atoms with E-state index in [0.29, 0.717) is 41.7 Å². The number of piperidine rings is 3. The van der Waals surface area contributed by atoms with Crippen molar-refractivity contribution >= 4 is 35.1 Å². The summed E-state index contributed by atoms with van der Waals surface area (Å²) in [6.45, 7) is 0.534. The number of benzene rings is 3. The molecule has 3 aliphatic heterocycles. The number of fused-ring (bicyclic) bond motifs is 3. The molecule has 8 rings (SSSR count). The van der Waals surface area contributed by atoms with Crippen LogP contribution < -0.4 is 14.8 Å². The molecule has 1 N–H and O–H groups in total. The Kier molecular flexibility index (Phi) is 12.8. The van der Waals surface area contributed by atoms with E-state index < -0.39 is 24.7 Å². The number of nitrogens with one attached hydrogen (secondary N) is 1. The quantitative estimate of drug-likeness (QED) is 0.106. The molecule has 1 unspecified atom stereocenters. The molecule has 290 valence electrons. The van der Waals surface area contributed by atoms with E-state index in [1.807, 2.05) is 54.6 Å². The van der Waals surface area contributed by atoms with Gasteiger partial charge in [0.2, 0.25) is 0 Å². The van der Waals surface area contributed by atoms with Crippen molar-refractivity contribution in [3.8, 4) is 11.5 Å². The van der Waals surface area contributed by atoms with Crippen LogP contribution in [0.15, 0.2) is 85.2 Å². The van der Waals surface area contributed by atoms with Crippen LogP contribution in [0.1, 0.15) is 65.6 Å². The van der Waals surface area contributed by atoms with Gasteiger partial charge in [0, 0.05) is 31.9 Å². The molecule has 3 saturated heterocycles. The molecule has 2 bridgehead atoms. The van der Waals surface area contributed by atoms with Gasteiger partial charge >= 0.3 is 18.6 Å². The highest BCUT2D eigenvalue weighted by Gasteiger charge is 2.38. The average Bonchev–Trinajstić information content (AvgIpc) is 4.01. The lowest BCUT2D eigenvalue weighted by atomic mass is 9.86. The van der Waals surface area contributed by atoms with E-state index in [4.69, 9.17) is 42.1 Å². The highest BCUT2D eigenvalue weighted by atomic mass is 35.5. The van der Waals surface area contributed by atoms with Crippen molar-refractivity contribution in [1.82, 2.24) is 15.2 Å². The van der Waals surface area contributed by atoms with Crippen LogP contribution in [0.5, 0.6) is 11.5 Å². The second kappa shape index (κ2) is 18.1. The standard InChI is InChI=1S/C42H43Cl2F2N3O6/c43-33-22-47-23-34(44)32(33)20-36(31-11-12-35(55-42(45)46)37(19-31)52-25-26-9-10-26)53-39(50)18-27-5-4-6-28(17-27)21-48-40(30-7-2-1-3-8-30)41(51)54-38-24-49-15-13-29(38)14-16-49/h1-8,11-12,17,19,22-23,26,29,36,38,40,42,48H,9-10,13-16,18,20-21,24-25H2/t36-,38-,40?/m0/s1. The third-order valence-corrected chi connectivity index (χ3v) is 11.1. The number of hydrogen-bond acceptors (Lipinski definition) is 9. The maximum absolute atomic E-state index is 13.6. The van der Waals surface area contributed by atoms with Gasteiger partial charge < -0.3 is 18.9 Å². The van der Waals surface area contributed by atoms with Gasteiger partial charge in [-0.15, -0.1) is 0 Å². The number of ether oxygens (including phenoxy) is 4. The third-order valence-electron chi connectivity index (χ3n) is 10.4. The Morgan fingerprint density at radius 1 is 0.873 bits per heavy atom. The topological polar surface area (TPSA) is 99.2 Å². The molecule has 9 nitrogen and oxygen atoms in total. The van der Waals surface area contributed by atoms with Crippen LogP contribution in [0.25, 0.3) is 0 Å². The summed E-state index contributed by atoms with van der Waals surface area (Å²) in [5.74, 6) is -0.0872. The highest BCUT2D eigenvalue weighted by molar-refractivity contribution is 6.35. The van der Waals surface area contributed by atoms with Crippen LogP contribution in [-0.4, -0.2) is 60.8 Å². The van der Waals surface area contributed by atoms with Crippen molar-refractivity contribution in [3.63, 3.8) is 0 Å². The monoisotopic (exact) mass is 793 g/mol. The minimum Gasteiger partial charge on any atom is -0.489 e. The zero-order valence-electron chi connectivity index (χ0n) is 30.2. The summed E-state index contributed by atoms with van der Waals surface area (Å²) in [4.78, 5) is 33.7. The number of rotatable bonds is 17. The fourth-order valence-corrected chi connectivity index (χ4v) is 7.77. The number of hydrogen-bond donors (Lipinski definition) is 1. The van der Waals surface area contributed by atoms with Crippen LogP contribution >= 0.6 is 23.2 Å². The minimum absolute atomic E-state index is 0.0660. The smallest absolute Gasteiger partial charge is 0.387 e. The SMILES string of the molecule is O=C(Cc1cccc(CNC(C(=O)O[C@H]2CN3CCC2CC3)c2ccccc2)c1)O[C@@H](Cc1c(Cl)cncc1Cl)c1ccc(OC(F)F)c(OCC2CC2)c1. The average molecular weight is 795 g/mol. The Morgan fingerprint density at radius 3 is 2.31 bits per heavy atom. The molecular weight excluding hydrogens is 751 g/mol. The van der Waals surface area contributed by atoms with Crippen LogP contribution in [-0.2, 0) is 38.4 Å². The molecule has 4 heterocycles. The van der Waals surface area contributed by atoms with Crippen LogP contribution in [0.3, 0.4) is 0 Å². The van der Waals surface area contributed by atoms with Gasteiger partial charge in [0.05, 0.1) is 23.1 Å². The fraction of sp³-hybridized carbons (Fsp3) is 0.405. The molecule has 13 heteroatoms. The van der Waals surface area contributed by atoms with Crippen molar-refractivity contribution in [1.29, 1.82) is 0 Å². The lowest BCUT2D eigenvalue weighted by Gasteiger charge is -2.44. The summed E-state index contributed by atoms with van der Waals surface area (Å²) in [7, 11) is 0. The maximum atomic E-state index is 13.6. The number of aromatic nitrogens is 1. The molecule has 1 saturated carbocycles. The second-order valence-electron chi connectivity index (χ2n) is 14.4. The van der Waals surface area contributed by atoms with E-state index in [-0.39, 0.29) is 46.5 Å². The van der Waals surface area contributed by atoms with E-state index in [0.717, 1.165) is 56.4 Å². The van der Waals surface area contributed by atoms with Gasteiger partial charge in [-0.1, -0.05) is 83.9 Å². The third kappa shape index (κ3) is 10.5. The van der Waals surface area contributed by atoms with E-state index in [1.54, 1.807) is 12.1 Å². The Bertz CT molecular complexity index is 1920. The molecule has 3 atom stereocenters. The normalized spacial score (nSPS) is 20.1. The summed E-state index contributed by atoms with van der Waals surface area (Å²) in [5, 5.41) is 3.98. The number of nitrogens with zero attached hydrogens (tertiary/aromatic N) is 2. The maximum Gasteiger partial charge on any atom is 0.387 e. The Morgan fingerprint density at radius 2 is 1.62 bits per heavy atom. The zero-order valence-corrected chi connectivity index (χ0v) is 31.7. The van der Waals surface area contributed by atoms with Crippen molar-refractivity contribution < 1.29 is 37.3 Å². The molecule has 0 amide bonds. The summed E-state index contributed by atoms with van der Waals surface area (Å²) in [6.07, 6.45) is 5.98. The van der Waals surface area contributed by atoms with E-state index >= 15 is 0 Å². The Balaban J connectivity index is 1.05. The number of carbonyl (C=O) groups is 2. The second-order valence-corrected chi connectivity index (χ2v) is 15.3. The molecule has 4 aromatic rings. The Hall–Kier alpha value is -4.29. The van der Waals surface area contributed by atoms with Gasteiger partial charge in [-0.3, -0.25) is 20.0 Å². The van der Waals surface area contributed by atoms with Gasteiger partial charge in [-0.2, -0.15) is 8.78 Å². The van der Waals surface area contributed by atoms with Crippen molar-refractivity contribution in [2.45, 2.75) is 69.9 Å². The molecule has 55 heavy (non-hydrogen) atoms.